The lowest BCUT2D eigenvalue weighted by molar-refractivity contribution is -0.000521. The van der Waals surface area contributed by atoms with E-state index in [9.17, 15) is 18.8 Å². The van der Waals surface area contributed by atoms with Crippen LogP contribution in [-0.4, -0.2) is 55.4 Å². The van der Waals surface area contributed by atoms with E-state index in [1.807, 2.05) is 36.4 Å². The standard InChI is InChI=1S/C44H40F2N4O4S/c1-26-6-4-9-34(45)32(26)23-38(51)39-21-28-14-17-50(37-11-3-2-8-31(37)40(28)55-39)43(53)30-13-12-29(22-35(30)46)47-42(52)33-20-27-7-5-10-36(27)48-41(33)49-24-44(25-49)15-18-54-19-16-44/h2-4,6,8-9,11-13,20-22H,5,7,10,14-19,23-25H2,1H3,(H,47,52). The summed E-state index contributed by atoms with van der Waals surface area (Å²) in [5.74, 6) is -1.50. The molecule has 1 N–H and O–H groups in total. The molecule has 4 aliphatic rings. The highest BCUT2D eigenvalue weighted by atomic mass is 32.1. The molecule has 0 atom stereocenters. The number of fused-ring (bicyclic) bond motifs is 4. The zero-order valence-corrected chi connectivity index (χ0v) is 31.4. The number of hydrogen-bond donors (Lipinski definition) is 1. The minimum Gasteiger partial charge on any atom is -0.381 e. The number of rotatable bonds is 7. The third-order valence-electron chi connectivity index (χ3n) is 11.7. The summed E-state index contributed by atoms with van der Waals surface area (Å²) < 4.78 is 36.1. The molecule has 0 saturated carbocycles. The molecule has 0 bridgehead atoms. The molecule has 5 aromatic rings. The number of thiophene rings is 1. The number of amides is 2. The average molecular weight is 759 g/mol. The fourth-order valence-corrected chi connectivity index (χ4v) is 9.78. The Kier molecular flexibility index (Phi) is 9.09. The van der Waals surface area contributed by atoms with Gasteiger partial charge in [-0.05, 0) is 110 Å². The molecule has 3 aliphatic heterocycles. The molecule has 2 aromatic heterocycles. The Hall–Kier alpha value is -5.26. The van der Waals surface area contributed by atoms with Crippen LogP contribution in [0.3, 0.4) is 0 Å². The van der Waals surface area contributed by atoms with Gasteiger partial charge in [-0.2, -0.15) is 0 Å². The molecule has 2 fully saturated rings. The number of aryl methyl sites for hydroxylation is 3. The summed E-state index contributed by atoms with van der Waals surface area (Å²) in [6.45, 7) is 5.22. The number of nitrogens with one attached hydrogen (secondary N) is 1. The summed E-state index contributed by atoms with van der Waals surface area (Å²) in [7, 11) is 0. The number of carbonyl (C=O) groups is 3. The number of pyridine rings is 1. The van der Waals surface area contributed by atoms with E-state index in [2.05, 4.69) is 10.2 Å². The topological polar surface area (TPSA) is 91.8 Å². The van der Waals surface area contributed by atoms with Gasteiger partial charge in [0.05, 0.1) is 21.7 Å². The highest BCUT2D eigenvalue weighted by Crippen LogP contribution is 2.44. The average Bonchev–Trinajstić information content (AvgIpc) is 3.79. The number of para-hydroxylation sites is 1. The maximum absolute atomic E-state index is 15.9. The number of carbonyl (C=O) groups excluding carboxylic acids is 3. The van der Waals surface area contributed by atoms with Crippen LogP contribution in [0, 0.1) is 24.0 Å². The molecule has 11 heteroatoms. The monoisotopic (exact) mass is 758 g/mol. The van der Waals surface area contributed by atoms with E-state index in [0.29, 0.717) is 33.9 Å². The molecule has 0 radical (unpaired) electrons. The number of ketones is 1. The van der Waals surface area contributed by atoms with Gasteiger partial charge in [0, 0.05) is 66.5 Å². The minimum atomic E-state index is -0.743. The zero-order chi connectivity index (χ0) is 37.8. The van der Waals surface area contributed by atoms with Gasteiger partial charge in [0.15, 0.2) is 5.78 Å². The van der Waals surface area contributed by atoms with Gasteiger partial charge in [0.1, 0.15) is 17.5 Å². The fraction of sp³-hybridized carbons (Fsp3) is 0.318. The Bertz CT molecular complexity index is 2360. The van der Waals surface area contributed by atoms with Crippen molar-refractivity contribution < 1.29 is 27.9 Å². The SMILES string of the molecule is Cc1cccc(F)c1CC(=O)c1cc2c(s1)-c1ccccc1N(C(=O)c1ccc(NC(=O)c3cc4c(nc3N3CC5(CCOCC5)C3)CCC4)cc1F)CC2. The van der Waals surface area contributed by atoms with Gasteiger partial charge in [-0.15, -0.1) is 11.3 Å². The van der Waals surface area contributed by atoms with Crippen molar-refractivity contribution in [3.8, 4) is 10.4 Å². The molecule has 2 amide bonds. The first-order chi connectivity index (χ1) is 26.7. The molecule has 2 saturated heterocycles. The number of nitrogens with zero attached hydrogens (tertiary/aromatic N) is 3. The van der Waals surface area contributed by atoms with E-state index in [0.717, 1.165) is 91.2 Å². The van der Waals surface area contributed by atoms with E-state index in [1.165, 1.54) is 29.5 Å². The van der Waals surface area contributed by atoms with E-state index in [4.69, 9.17) is 9.72 Å². The first kappa shape index (κ1) is 35.4. The molecule has 1 aliphatic carbocycles. The minimum absolute atomic E-state index is 0.0412. The van der Waals surface area contributed by atoms with Crippen molar-refractivity contribution in [2.24, 2.45) is 5.41 Å². The van der Waals surface area contributed by atoms with Gasteiger partial charge in [-0.3, -0.25) is 14.4 Å². The van der Waals surface area contributed by atoms with Crippen LogP contribution < -0.4 is 15.1 Å². The number of hydrogen-bond acceptors (Lipinski definition) is 7. The Morgan fingerprint density at radius 3 is 2.51 bits per heavy atom. The molecule has 0 unspecified atom stereocenters. The number of anilines is 3. The smallest absolute Gasteiger partial charge is 0.261 e. The number of benzene rings is 3. The predicted molar refractivity (Wildman–Crippen MR) is 210 cm³/mol. The van der Waals surface area contributed by atoms with Gasteiger partial charge in [0.25, 0.3) is 11.8 Å². The lowest BCUT2D eigenvalue weighted by atomic mass is 9.73. The van der Waals surface area contributed by atoms with E-state index < -0.39 is 17.5 Å². The summed E-state index contributed by atoms with van der Waals surface area (Å²) >= 11 is 1.33. The van der Waals surface area contributed by atoms with E-state index in [1.54, 1.807) is 30.0 Å². The number of halogens is 2. The van der Waals surface area contributed by atoms with Crippen LogP contribution in [0.5, 0.6) is 0 Å². The number of Topliss-reactive ketones (excluding diaryl/α,β-unsaturated/α-hetero) is 1. The number of aromatic nitrogens is 1. The van der Waals surface area contributed by atoms with Crippen LogP contribution in [0.4, 0.5) is 26.0 Å². The van der Waals surface area contributed by atoms with Gasteiger partial charge in [-0.25, -0.2) is 13.8 Å². The van der Waals surface area contributed by atoms with Gasteiger partial charge >= 0.3 is 0 Å². The molecule has 8 nitrogen and oxygen atoms in total. The van der Waals surface area contributed by atoms with Crippen LogP contribution >= 0.6 is 11.3 Å². The Balaban J connectivity index is 0.936. The van der Waals surface area contributed by atoms with Crippen molar-refractivity contribution in [3.05, 3.63) is 128 Å². The molecule has 55 heavy (non-hydrogen) atoms. The molecule has 280 valence electrons. The summed E-state index contributed by atoms with van der Waals surface area (Å²) in [4.78, 5) is 51.4. The van der Waals surface area contributed by atoms with Crippen LogP contribution in [0.2, 0.25) is 0 Å². The second-order valence-corrected chi connectivity index (χ2v) is 16.3. The molecule has 9 rings (SSSR count). The largest absolute Gasteiger partial charge is 0.381 e. The Morgan fingerprint density at radius 2 is 1.71 bits per heavy atom. The predicted octanol–water partition coefficient (Wildman–Crippen LogP) is 8.38. The van der Waals surface area contributed by atoms with Crippen molar-refractivity contribution in [2.75, 3.05) is 48.0 Å². The van der Waals surface area contributed by atoms with Crippen LogP contribution in [0.25, 0.3) is 10.4 Å². The fourth-order valence-electron chi connectivity index (χ4n) is 8.60. The van der Waals surface area contributed by atoms with Crippen molar-refractivity contribution in [3.63, 3.8) is 0 Å². The molecular formula is C44H40F2N4O4S. The maximum Gasteiger partial charge on any atom is 0.261 e. The summed E-state index contributed by atoms with van der Waals surface area (Å²) in [5.41, 5.74) is 6.33. The lowest BCUT2D eigenvalue weighted by Crippen LogP contribution is -2.59. The van der Waals surface area contributed by atoms with Crippen LogP contribution in [0.1, 0.15) is 77.6 Å². The molecule has 3 aromatic carbocycles. The van der Waals surface area contributed by atoms with Crippen molar-refractivity contribution >= 4 is 46.1 Å². The van der Waals surface area contributed by atoms with Crippen LogP contribution in [0.15, 0.2) is 72.8 Å². The van der Waals surface area contributed by atoms with Gasteiger partial charge < -0.3 is 19.9 Å². The van der Waals surface area contributed by atoms with Gasteiger partial charge in [-0.1, -0.05) is 30.3 Å². The quantitative estimate of drug-likeness (QED) is 0.168. The van der Waals surface area contributed by atoms with E-state index >= 15 is 4.39 Å². The Morgan fingerprint density at radius 1 is 0.891 bits per heavy atom. The van der Waals surface area contributed by atoms with Crippen molar-refractivity contribution in [2.45, 2.75) is 51.9 Å². The zero-order valence-electron chi connectivity index (χ0n) is 30.6. The van der Waals surface area contributed by atoms with E-state index in [-0.39, 0.29) is 41.3 Å². The van der Waals surface area contributed by atoms with Crippen molar-refractivity contribution in [1.29, 1.82) is 0 Å². The molecule has 5 heterocycles. The lowest BCUT2D eigenvalue weighted by Gasteiger charge is -2.53. The summed E-state index contributed by atoms with van der Waals surface area (Å²) in [6, 6.07) is 20.2. The van der Waals surface area contributed by atoms with Gasteiger partial charge in [0.2, 0.25) is 0 Å². The third kappa shape index (κ3) is 6.53. The molecule has 1 spiro atoms. The van der Waals surface area contributed by atoms with Crippen molar-refractivity contribution in [1.82, 2.24) is 4.98 Å². The summed E-state index contributed by atoms with van der Waals surface area (Å²) in [5, 5.41) is 2.88. The first-order valence-corrected chi connectivity index (χ1v) is 19.8. The first-order valence-electron chi connectivity index (χ1n) is 18.9. The number of ether oxygens (including phenoxy) is 1. The highest BCUT2D eigenvalue weighted by molar-refractivity contribution is 7.17. The normalized spacial score (nSPS) is 16.9. The van der Waals surface area contributed by atoms with Crippen LogP contribution in [-0.2, 0) is 30.4 Å². The second kappa shape index (κ2) is 14.1. The maximum atomic E-state index is 15.9. The summed E-state index contributed by atoms with van der Waals surface area (Å²) in [6.07, 6.45) is 5.17. The highest BCUT2D eigenvalue weighted by Gasteiger charge is 2.45. The molecular weight excluding hydrogens is 719 g/mol. The Labute approximate surface area is 322 Å². The second-order valence-electron chi connectivity index (χ2n) is 15.3. The third-order valence-corrected chi connectivity index (χ3v) is 13.0.